The molecule has 0 heterocycles. The summed E-state index contributed by atoms with van der Waals surface area (Å²) in [5, 5.41) is 0. The largest absolute Gasteiger partial charge is 0.238 e. The summed E-state index contributed by atoms with van der Waals surface area (Å²) in [6.45, 7) is 2.18. The van der Waals surface area contributed by atoms with Gasteiger partial charge in [0.2, 0.25) is 7.42 Å². The second-order valence-corrected chi connectivity index (χ2v) is 9.17. The highest BCUT2D eigenvalue weighted by molar-refractivity contribution is 7.33. The van der Waals surface area contributed by atoms with Crippen molar-refractivity contribution in [3.05, 3.63) is 24.3 Å². The zero-order chi connectivity index (χ0) is 11.9. The van der Waals surface area contributed by atoms with Gasteiger partial charge in [-0.25, -0.2) is 0 Å². The topological polar surface area (TPSA) is 0 Å². The standard InChI is InChI=1S/C13H18Cl2Si/c1-2-3-4-6-9-13(12-16(14)15)10-7-5-8-11-13/h5,7-8,10,16H,2-4,11-12H2,1H3. The summed E-state index contributed by atoms with van der Waals surface area (Å²) in [4.78, 5) is 0. The van der Waals surface area contributed by atoms with Crippen LogP contribution in [-0.4, -0.2) is 7.42 Å². The quantitative estimate of drug-likeness (QED) is 0.308. The molecule has 0 aromatic carbocycles. The molecule has 0 bridgehead atoms. The number of unbranched alkanes of at least 4 members (excludes halogenated alkanes) is 2. The lowest BCUT2D eigenvalue weighted by molar-refractivity contribution is 0.578. The molecule has 88 valence electrons. The van der Waals surface area contributed by atoms with E-state index in [1.54, 1.807) is 0 Å². The monoisotopic (exact) mass is 272 g/mol. The lowest BCUT2D eigenvalue weighted by atomic mass is 9.84. The Morgan fingerprint density at radius 2 is 2.19 bits per heavy atom. The molecule has 0 saturated heterocycles. The van der Waals surface area contributed by atoms with Crippen LogP contribution in [0.3, 0.4) is 0 Å². The Labute approximate surface area is 110 Å². The minimum absolute atomic E-state index is 0.0805. The Kier molecular flexibility index (Phi) is 6.27. The summed E-state index contributed by atoms with van der Waals surface area (Å²) in [6, 6.07) is 0.843. The van der Waals surface area contributed by atoms with E-state index >= 15 is 0 Å². The highest BCUT2D eigenvalue weighted by atomic mass is 35.7. The molecule has 1 atom stereocenters. The minimum atomic E-state index is -1.61. The first-order chi connectivity index (χ1) is 7.68. The predicted octanol–water partition coefficient (Wildman–Crippen LogP) is 4.38. The molecule has 0 amide bonds. The van der Waals surface area contributed by atoms with Gasteiger partial charge in [0.15, 0.2) is 0 Å². The van der Waals surface area contributed by atoms with E-state index in [1.165, 1.54) is 12.8 Å². The van der Waals surface area contributed by atoms with Crippen molar-refractivity contribution in [2.24, 2.45) is 5.41 Å². The Morgan fingerprint density at radius 3 is 2.75 bits per heavy atom. The number of hydrogen-bond donors (Lipinski definition) is 0. The van der Waals surface area contributed by atoms with Gasteiger partial charge < -0.3 is 0 Å². The van der Waals surface area contributed by atoms with Crippen molar-refractivity contribution >= 4 is 29.6 Å². The van der Waals surface area contributed by atoms with Crippen LogP contribution in [0, 0.1) is 17.3 Å². The molecule has 0 fully saturated rings. The minimum Gasteiger partial charge on any atom is -0.150 e. The van der Waals surface area contributed by atoms with E-state index < -0.39 is 7.42 Å². The van der Waals surface area contributed by atoms with Crippen molar-refractivity contribution in [1.29, 1.82) is 0 Å². The van der Waals surface area contributed by atoms with Gasteiger partial charge in [-0.15, -0.1) is 5.92 Å². The van der Waals surface area contributed by atoms with Crippen LogP contribution in [0.25, 0.3) is 0 Å². The van der Waals surface area contributed by atoms with Crippen LogP contribution in [-0.2, 0) is 0 Å². The summed E-state index contributed by atoms with van der Waals surface area (Å²) < 4.78 is 0. The van der Waals surface area contributed by atoms with Gasteiger partial charge in [0.1, 0.15) is 0 Å². The smallest absolute Gasteiger partial charge is 0.150 e. The normalized spacial score (nSPS) is 23.2. The lowest BCUT2D eigenvalue weighted by Crippen LogP contribution is -2.20. The highest BCUT2D eigenvalue weighted by Crippen LogP contribution is 2.34. The first kappa shape index (κ1) is 13.9. The maximum Gasteiger partial charge on any atom is 0.238 e. The first-order valence-electron chi connectivity index (χ1n) is 5.81. The SMILES string of the molecule is CCCCC#CC1(C[SiH](Cl)Cl)C=CC=CC1. The molecule has 1 aliphatic carbocycles. The molecule has 1 rings (SSSR count). The van der Waals surface area contributed by atoms with E-state index in [0.717, 1.165) is 18.9 Å². The third-order valence-corrected chi connectivity index (χ3v) is 4.62. The van der Waals surface area contributed by atoms with E-state index in [4.69, 9.17) is 22.2 Å². The second kappa shape index (κ2) is 7.22. The first-order valence-corrected chi connectivity index (χ1v) is 10.1. The molecule has 0 spiro atoms. The van der Waals surface area contributed by atoms with Gasteiger partial charge in [-0.3, -0.25) is 0 Å². The maximum atomic E-state index is 6.02. The van der Waals surface area contributed by atoms with Crippen LogP contribution >= 0.6 is 22.2 Å². The van der Waals surface area contributed by atoms with E-state index in [2.05, 4.69) is 43.1 Å². The number of hydrogen-bond acceptors (Lipinski definition) is 0. The van der Waals surface area contributed by atoms with Crippen molar-refractivity contribution in [3.63, 3.8) is 0 Å². The number of allylic oxidation sites excluding steroid dienone is 4. The van der Waals surface area contributed by atoms with E-state index in [0.29, 0.717) is 0 Å². The zero-order valence-electron chi connectivity index (χ0n) is 9.68. The molecule has 0 nitrogen and oxygen atoms in total. The average molecular weight is 273 g/mol. The zero-order valence-corrected chi connectivity index (χ0v) is 12.3. The molecule has 0 aliphatic heterocycles. The Hall–Kier alpha value is -0.163. The van der Waals surface area contributed by atoms with Gasteiger partial charge in [-0.1, -0.05) is 43.6 Å². The molecule has 0 aromatic rings. The van der Waals surface area contributed by atoms with Crippen molar-refractivity contribution in [2.75, 3.05) is 0 Å². The molecule has 3 heteroatoms. The van der Waals surface area contributed by atoms with Crippen LogP contribution in [0.15, 0.2) is 24.3 Å². The summed E-state index contributed by atoms with van der Waals surface area (Å²) in [5.41, 5.74) is -0.0805. The molecule has 1 unspecified atom stereocenters. The predicted molar refractivity (Wildman–Crippen MR) is 76.3 cm³/mol. The summed E-state index contributed by atoms with van der Waals surface area (Å²) in [5.74, 6) is 6.65. The van der Waals surface area contributed by atoms with Crippen molar-refractivity contribution < 1.29 is 0 Å². The van der Waals surface area contributed by atoms with Crippen LogP contribution in [0.4, 0.5) is 0 Å². The van der Waals surface area contributed by atoms with Crippen LogP contribution in [0.1, 0.15) is 32.6 Å². The van der Waals surface area contributed by atoms with Gasteiger partial charge in [-0.2, -0.15) is 22.2 Å². The lowest BCUT2D eigenvalue weighted by Gasteiger charge is -2.25. The third-order valence-electron chi connectivity index (χ3n) is 2.66. The van der Waals surface area contributed by atoms with Crippen LogP contribution in [0.2, 0.25) is 6.04 Å². The third kappa shape index (κ3) is 4.78. The van der Waals surface area contributed by atoms with Crippen LogP contribution in [0.5, 0.6) is 0 Å². The fourth-order valence-electron chi connectivity index (χ4n) is 1.74. The second-order valence-electron chi connectivity index (χ2n) is 4.15. The van der Waals surface area contributed by atoms with E-state index in [1.807, 2.05) is 0 Å². The maximum absolute atomic E-state index is 6.02. The van der Waals surface area contributed by atoms with Crippen molar-refractivity contribution in [2.45, 2.75) is 38.7 Å². The van der Waals surface area contributed by atoms with E-state index in [9.17, 15) is 0 Å². The van der Waals surface area contributed by atoms with Gasteiger partial charge >= 0.3 is 0 Å². The Morgan fingerprint density at radius 1 is 1.38 bits per heavy atom. The number of halogens is 2. The van der Waals surface area contributed by atoms with E-state index in [-0.39, 0.29) is 5.41 Å². The van der Waals surface area contributed by atoms with Crippen LogP contribution < -0.4 is 0 Å². The molecular weight excluding hydrogens is 255 g/mol. The Balaban J connectivity index is 2.66. The summed E-state index contributed by atoms with van der Waals surface area (Å²) in [6.07, 6.45) is 12.7. The summed E-state index contributed by atoms with van der Waals surface area (Å²) in [7, 11) is -1.61. The molecule has 0 N–H and O–H groups in total. The molecule has 1 aliphatic rings. The highest BCUT2D eigenvalue weighted by Gasteiger charge is 2.28. The molecular formula is C13H18Cl2Si. The fourth-order valence-corrected chi connectivity index (χ4v) is 4.35. The fraction of sp³-hybridized carbons (Fsp3) is 0.538. The van der Waals surface area contributed by atoms with Crippen molar-refractivity contribution in [3.8, 4) is 11.8 Å². The average Bonchev–Trinajstić information content (AvgIpc) is 2.25. The van der Waals surface area contributed by atoms with Gasteiger partial charge in [0.25, 0.3) is 0 Å². The molecule has 0 aromatic heterocycles. The van der Waals surface area contributed by atoms with Crippen molar-refractivity contribution in [1.82, 2.24) is 0 Å². The Bertz CT molecular complexity index is 323. The molecule has 16 heavy (non-hydrogen) atoms. The van der Waals surface area contributed by atoms with Gasteiger partial charge in [0.05, 0.1) is 5.41 Å². The van der Waals surface area contributed by atoms with Gasteiger partial charge in [-0.05, 0) is 18.9 Å². The number of rotatable bonds is 4. The van der Waals surface area contributed by atoms with Gasteiger partial charge in [0, 0.05) is 6.42 Å². The molecule has 0 saturated carbocycles. The molecule has 0 radical (unpaired) electrons. The summed E-state index contributed by atoms with van der Waals surface area (Å²) >= 11 is 12.0.